The molecule has 2 N–H and O–H groups in total. The third kappa shape index (κ3) is 1.89. The fourth-order valence-corrected chi connectivity index (χ4v) is 1.99. The SMILES string of the molecule is Nc1ccc(F)c(F)c1N1CCCCC1. The Hall–Kier alpha value is -1.32. The van der Waals surface area contributed by atoms with Crippen LogP contribution in [0, 0.1) is 11.6 Å². The van der Waals surface area contributed by atoms with Crippen LogP contribution >= 0.6 is 0 Å². The van der Waals surface area contributed by atoms with Crippen LogP contribution in [-0.2, 0) is 0 Å². The average molecular weight is 212 g/mol. The average Bonchev–Trinajstić information content (AvgIpc) is 2.26. The lowest BCUT2D eigenvalue weighted by molar-refractivity contribution is 0.498. The van der Waals surface area contributed by atoms with Crippen molar-refractivity contribution >= 4 is 11.4 Å². The molecule has 1 aliphatic heterocycles. The third-order valence-electron chi connectivity index (χ3n) is 2.77. The number of rotatable bonds is 1. The first-order valence-corrected chi connectivity index (χ1v) is 5.18. The molecule has 0 radical (unpaired) electrons. The minimum atomic E-state index is -0.829. The molecule has 1 aliphatic rings. The van der Waals surface area contributed by atoms with Crippen LogP contribution in [0.4, 0.5) is 20.2 Å². The van der Waals surface area contributed by atoms with Crippen molar-refractivity contribution in [1.82, 2.24) is 0 Å². The monoisotopic (exact) mass is 212 g/mol. The fraction of sp³-hybridized carbons (Fsp3) is 0.455. The van der Waals surface area contributed by atoms with Gasteiger partial charge in [0.2, 0.25) is 0 Å². The van der Waals surface area contributed by atoms with E-state index in [0.29, 0.717) is 5.69 Å². The second-order valence-corrected chi connectivity index (χ2v) is 3.85. The number of benzene rings is 1. The zero-order valence-electron chi connectivity index (χ0n) is 8.47. The van der Waals surface area contributed by atoms with Crippen LogP contribution < -0.4 is 10.6 Å². The van der Waals surface area contributed by atoms with E-state index in [9.17, 15) is 8.78 Å². The van der Waals surface area contributed by atoms with Gasteiger partial charge in [-0.3, -0.25) is 0 Å². The molecule has 0 unspecified atom stereocenters. The Balaban J connectivity index is 2.36. The first-order chi connectivity index (χ1) is 7.20. The molecule has 1 aromatic carbocycles. The second-order valence-electron chi connectivity index (χ2n) is 3.85. The van der Waals surface area contributed by atoms with Gasteiger partial charge in [0.15, 0.2) is 11.6 Å². The Bertz CT molecular complexity index is 360. The van der Waals surface area contributed by atoms with Crippen LogP contribution in [0.25, 0.3) is 0 Å². The van der Waals surface area contributed by atoms with Gasteiger partial charge in [-0.2, -0.15) is 0 Å². The van der Waals surface area contributed by atoms with Gasteiger partial charge in [0.05, 0.1) is 11.4 Å². The van der Waals surface area contributed by atoms with Crippen LogP contribution in [0.2, 0.25) is 0 Å². The van der Waals surface area contributed by atoms with E-state index in [2.05, 4.69) is 0 Å². The Kier molecular flexibility index (Phi) is 2.75. The highest BCUT2D eigenvalue weighted by molar-refractivity contribution is 5.68. The molecular formula is C11H14F2N2. The molecule has 4 heteroatoms. The van der Waals surface area contributed by atoms with Crippen molar-refractivity contribution in [3.63, 3.8) is 0 Å². The van der Waals surface area contributed by atoms with Crippen molar-refractivity contribution in [2.45, 2.75) is 19.3 Å². The van der Waals surface area contributed by atoms with Gasteiger partial charge in [0, 0.05) is 13.1 Å². The van der Waals surface area contributed by atoms with E-state index in [0.717, 1.165) is 38.4 Å². The molecular weight excluding hydrogens is 198 g/mol. The van der Waals surface area contributed by atoms with Crippen LogP contribution in [0.1, 0.15) is 19.3 Å². The zero-order valence-corrected chi connectivity index (χ0v) is 8.47. The number of hydrogen-bond acceptors (Lipinski definition) is 2. The summed E-state index contributed by atoms with van der Waals surface area (Å²) in [5.41, 5.74) is 6.22. The van der Waals surface area contributed by atoms with E-state index in [1.54, 1.807) is 0 Å². The van der Waals surface area contributed by atoms with Gasteiger partial charge in [0.25, 0.3) is 0 Å². The molecule has 0 aliphatic carbocycles. The summed E-state index contributed by atoms with van der Waals surface area (Å²) in [6, 6.07) is 2.49. The van der Waals surface area contributed by atoms with Crippen LogP contribution in [0.15, 0.2) is 12.1 Å². The number of nitrogens with two attached hydrogens (primary N) is 1. The lowest BCUT2D eigenvalue weighted by Crippen LogP contribution is -2.31. The van der Waals surface area contributed by atoms with Crippen molar-refractivity contribution < 1.29 is 8.78 Å². The van der Waals surface area contributed by atoms with Crippen LogP contribution in [-0.4, -0.2) is 13.1 Å². The van der Waals surface area contributed by atoms with Crippen molar-refractivity contribution in [2.24, 2.45) is 0 Å². The molecule has 0 aromatic heterocycles. The van der Waals surface area contributed by atoms with Crippen molar-refractivity contribution in [2.75, 3.05) is 23.7 Å². The van der Waals surface area contributed by atoms with Gasteiger partial charge >= 0.3 is 0 Å². The maximum atomic E-state index is 13.6. The lowest BCUT2D eigenvalue weighted by Gasteiger charge is -2.30. The van der Waals surface area contributed by atoms with E-state index >= 15 is 0 Å². The largest absolute Gasteiger partial charge is 0.397 e. The summed E-state index contributed by atoms with van der Waals surface area (Å²) < 4.78 is 26.6. The van der Waals surface area contributed by atoms with Gasteiger partial charge in [-0.15, -0.1) is 0 Å². The normalized spacial score (nSPS) is 16.8. The molecule has 2 rings (SSSR count). The fourth-order valence-electron chi connectivity index (χ4n) is 1.99. The van der Waals surface area contributed by atoms with E-state index in [1.807, 2.05) is 4.90 Å². The molecule has 0 bridgehead atoms. The van der Waals surface area contributed by atoms with E-state index in [-0.39, 0.29) is 5.69 Å². The first-order valence-electron chi connectivity index (χ1n) is 5.18. The number of halogens is 2. The minimum Gasteiger partial charge on any atom is -0.397 e. The summed E-state index contributed by atoms with van der Waals surface area (Å²) in [6.07, 6.45) is 3.16. The maximum absolute atomic E-state index is 13.6. The molecule has 2 nitrogen and oxygen atoms in total. The van der Waals surface area contributed by atoms with Gasteiger partial charge in [-0.25, -0.2) is 8.78 Å². The summed E-state index contributed by atoms with van der Waals surface area (Å²) in [5.74, 6) is -1.65. The van der Waals surface area contributed by atoms with Crippen molar-refractivity contribution in [1.29, 1.82) is 0 Å². The highest BCUT2D eigenvalue weighted by atomic mass is 19.2. The molecule has 0 atom stereocenters. The van der Waals surface area contributed by atoms with E-state index in [1.165, 1.54) is 6.07 Å². The number of nitrogen functional groups attached to an aromatic ring is 1. The second kappa shape index (κ2) is 4.04. The number of nitrogens with zero attached hydrogens (tertiary/aromatic N) is 1. The molecule has 0 saturated carbocycles. The number of hydrogen-bond donors (Lipinski definition) is 1. The molecule has 1 heterocycles. The van der Waals surface area contributed by atoms with Gasteiger partial charge in [-0.1, -0.05) is 0 Å². The molecule has 0 amide bonds. The predicted octanol–water partition coefficient (Wildman–Crippen LogP) is 2.54. The first kappa shape index (κ1) is 10.2. The Morgan fingerprint density at radius 2 is 1.73 bits per heavy atom. The molecule has 0 spiro atoms. The molecule has 82 valence electrons. The standard InChI is InChI=1S/C11H14F2N2/c12-8-4-5-9(14)11(10(8)13)15-6-2-1-3-7-15/h4-5H,1-3,6-7,14H2. The lowest BCUT2D eigenvalue weighted by atomic mass is 10.1. The van der Waals surface area contributed by atoms with Crippen LogP contribution in [0.3, 0.4) is 0 Å². The summed E-state index contributed by atoms with van der Waals surface area (Å²) in [6.45, 7) is 1.51. The molecule has 1 aromatic rings. The maximum Gasteiger partial charge on any atom is 0.184 e. The predicted molar refractivity (Wildman–Crippen MR) is 56.8 cm³/mol. The number of anilines is 2. The van der Waals surface area contributed by atoms with Crippen LogP contribution in [0.5, 0.6) is 0 Å². The topological polar surface area (TPSA) is 29.3 Å². The van der Waals surface area contributed by atoms with Gasteiger partial charge < -0.3 is 10.6 Å². The molecule has 15 heavy (non-hydrogen) atoms. The summed E-state index contributed by atoms with van der Waals surface area (Å²) in [4.78, 5) is 1.83. The quantitative estimate of drug-likeness (QED) is 0.725. The highest BCUT2D eigenvalue weighted by Crippen LogP contribution is 2.30. The van der Waals surface area contributed by atoms with E-state index < -0.39 is 11.6 Å². The summed E-state index contributed by atoms with van der Waals surface area (Å²) >= 11 is 0. The van der Waals surface area contributed by atoms with Crippen molar-refractivity contribution in [3.8, 4) is 0 Å². The van der Waals surface area contributed by atoms with Gasteiger partial charge in [0.1, 0.15) is 0 Å². The summed E-state index contributed by atoms with van der Waals surface area (Å²) in [5, 5.41) is 0. The minimum absolute atomic E-state index is 0.231. The number of piperidine rings is 1. The Morgan fingerprint density at radius 1 is 1.07 bits per heavy atom. The zero-order chi connectivity index (χ0) is 10.8. The highest BCUT2D eigenvalue weighted by Gasteiger charge is 2.19. The smallest absolute Gasteiger partial charge is 0.184 e. The van der Waals surface area contributed by atoms with E-state index in [4.69, 9.17) is 5.73 Å². The molecule has 1 saturated heterocycles. The van der Waals surface area contributed by atoms with Crippen molar-refractivity contribution in [3.05, 3.63) is 23.8 Å². The Morgan fingerprint density at radius 3 is 2.40 bits per heavy atom. The molecule has 1 fully saturated rings. The van der Waals surface area contributed by atoms with Gasteiger partial charge in [-0.05, 0) is 31.4 Å². The summed E-state index contributed by atoms with van der Waals surface area (Å²) in [7, 11) is 0. The third-order valence-corrected chi connectivity index (χ3v) is 2.77. The Labute approximate surface area is 87.7 Å².